The lowest BCUT2D eigenvalue weighted by Gasteiger charge is -2.33. The van der Waals surface area contributed by atoms with Crippen LogP contribution in [-0.2, 0) is 0 Å². The maximum atomic E-state index is 12.3. The maximum Gasteiger partial charge on any atom is 0.336 e. The maximum absolute atomic E-state index is 12.3. The topological polar surface area (TPSA) is 69.6 Å². The minimum atomic E-state index is -0.985. The number of thioether (sulfide) groups is 1. The lowest BCUT2D eigenvalue weighted by atomic mass is 10.1. The number of carboxylic acids is 1. The Kier molecular flexibility index (Phi) is 4.54. The number of nitrogens with zero attached hydrogens (tertiary/aromatic N) is 1. The molecule has 0 aromatic heterocycles. The van der Waals surface area contributed by atoms with Crippen LogP contribution in [0, 0.1) is 6.92 Å². The standard InChI is InChI=1S/C14H18N2O3S/c1-9-8-20-7-6-16(9)14(19)15-12-5-3-4-11(10(12)2)13(17)18/h3-5,9H,6-8H2,1-2H3,(H,15,19)(H,17,18). The fraction of sp³-hybridized carbons (Fsp3) is 0.429. The molecule has 1 aliphatic heterocycles. The molecular formula is C14H18N2O3S. The lowest BCUT2D eigenvalue weighted by molar-refractivity contribution is 0.0696. The number of rotatable bonds is 2. The Morgan fingerprint density at radius 1 is 1.45 bits per heavy atom. The number of urea groups is 1. The highest BCUT2D eigenvalue weighted by Gasteiger charge is 2.24. The van der Waals surface area contributed by atoms with Crippen LogP contribution in [0.1, 0.15) is 22.8 Å². The minimum absolute atomic E-state index is 0.163. The van der Waals surface area contributed by atoms with Gasteiger partial charge >= 0.3 is 12.0 Å². The van der Waals surface area contributed by atoms with E-state index in [9.17, 15) is 9.59 Å². The van der Waals surface area contributed by atoms with Crippen LogP contribution in [0.5, 0.6) is 0 Å². The Morgan fingerprint density at radius 3 is 2.85 bits per heavy atom. The molecule has 20 heavy (non-hydrogen) atoms. The summed E-state index contributed by atoms with van der Waals surface area (Å²) in [7, 11) is 0. The summed E-state index contributed by atoms with van der Waals surface area (Å²) in [6, 6.07) is 4.93. The molecule has 5 nitrogen and oxygen atoms in total. The van der Waals surface area contributed by atoms with Crippen molar-refractivity contribution in [3.63, 3.8) is 0 Å². The van der Waals surface area contributed by atoms with E-state index in [1.807, 2.05) is 18.7 Å². The molecule has 1 atom stereocenters. The van der Waals surface area contributed by atoms with Crippen molar-refractivity contribution >= 4 is 29.4 Å². The van der Waals surface area contributed by atoms with Crippen LogP contribution >= 0.6 is 11.8 Å². The van der Waals surface area contributed by atoms with E-state index >= 15 is 0 Å². The Balaban J connectivity index is 2.15. The first-order chi connectivity index (χ1) is 9.50. The van der Waals surface area contributed by atoms with E-state index in [-0.39, 0.29) is 17.6 Å². The average molecular weight is 294 g/mol. The Morgan fingerprint density at radius 2 is 2.20 bits per heavy atom. The van der Waals surface area contributed by atoms with E-state index < -0.39 is 5.97 Å². The summed E-state index contributed by atoms with van der Waals surface area (Å²) < 4.78 is 0. The highest BCUT2D eigenvalue weighted by atomic mass is 32.2. The molecule has 0 bridgehead atoms. The van der Waals surface area contributed by atoms with Gasteiger partial charge in [-0.25, -0.2) is 9.59 Å². The van der Waals surface area contributed by atoms with Gasteiger partial charge in [-0.05, 0) is 31.5 Å². The number of benzene rings is 1. The molecule has 1 saturated heterocycles. The van der Waals surface area contributed by atoms with Crippen molar-refractivity contribution in [2.24, 2.45) is 0 Å². The smallest absolute Gasteiger partial charge is 0.336 e. The Hall–Kier alpha value is -1.69. The van der Waals surface area contributed by atoms with Gasteiger partial charge in [-0.15, -0.1) is 0 Å². The van der Waals surface area contributed by atoms with Crippen LogP contribution in [-0.4, -0.2) is 46.1 Å². The number of aromatic carboxylic acids is 1. The van der Waals surface area contributed by atoms with E-state index in [1.54, 1.807) is 24.0 Å². The van der Waals surface area contributed by atoms with Crippen molar-refractivity contribution in [2.75, 3.05) is 23.4 Å². The zero-order valence-corrected chi connectivity index (χ0v) is 12.4. The molecule has 0 radical (unpaired) electrons. The summed E-state index contributed by atoms with van der Waals surface area (Å²) in [5, 5.41) is 11.9. The molecule has 1 unspecified atom stereocenters. The number of carbonyl (C=O) groups is 2. The minimum Gasteiger partial charge on any atom is -0.478 e. The molecule has 0 aliphatic carbocycles. The van der Waals surface area contributed by atoms with Crippen molar-refractivity contribution in [3.8, 4) is 0 Å². The lowest BCUT2D eigenvalue weighted by Crippen LogP contribution is -2.46. The Bertz CT molecular complexity index is 533. The number of nitrogens with one attached hydrogen (secondary N) is 1. The van der Waals surface area contributed by atoms with Gasteiger partial charge in [-0.3, -0.25) is 0 Å². The van der Waals surface area contributed by atoms with Gasteiger partial charge in [0, 0.05) is 29.8 Å². The van der Waals surface area contributed by atoms with Crippen molar-refractivity contribution in [2.45, 2.75) is 19.9 Å². The first kappa shape index (κ1) is 14.7. The van der Waals surface area contributed by atoms with Crippen LogP contribution in [0.25, 0.3) is 0 Å². The average Bonchev–Trinajstić information content (AvgIpc) is 2.41. The van der Waals surface area contributed by atoms with E-state index in [1.165, 1.54) is 6.07 Å². The summed E-state index contributed by atoms with van der Waals surface area (Å²) in [6.45, 7) is 4.44. The first-order valence-corrected chi connectivity index (χ1v) is 7.64. The highest BCUT2D eigenvalue weighted by molar-refractivity contribution is 7.99. The number of anilines is 1. The zero-order valence-electron chi connectivity index (χ0n) is 11.5. The second-order valence-electron chi connectivity index (χ2n) is 4.83. The number of amides is 2. The summed E-state index contributed by atoms with van der Waals surface area (Å²) in [6.07, 6.45) is 0. The van der Waals surface area contributed by atoms with Gasteiger partial charge in [-0.2, -0.15) is 11.8 Å². The molecule has 2 N–H and O–H groups in total. The second kappa shape index (κ2) is 6.17. The number of carboxylic acid groups (broad SMARTS) is 1. The van der Waals surface area contributed by atoms with E-state index in [2.05, 4.69) is 5.32 Å². The third kappa shape index (κ3) is 3.07. The normalized spacial score (nSPS) is 18.7. The second-order valence-corrected chi connectivity index (χ2v) is 5.98. The van der Waals surface area contributed by atoms with Gasteiger partial charge in [0.1, 0.15) is 0 Å². The van der Waals surface area contributed by atoms with Crippen molar-refractivity contribution in [1.29, 1.82) is 0 Å². The van der Waals surface area contributed by atoms with Crippen molar-refractivity contribution < 1.29 is 14.7 Å². The predicted octanol–water partition coefficient (Wildman–Crippen LogP) is 2.66. The first-order valence-electron chi connectivity index (χ1n) is 6.49. The van der Waals surface area contributed by atoms with Gasteiger partial charge in [0.15, 0.2) is 0 Å². The van der Waals surface area contributed by atoms with Gasteiger partial charge in [-0.1, -0.05) is 6.07 Å². The molecule has 6 heteroatoms. The fourth-order valence-electron chi connectivity index (χ4n) is 2.22. The molecule has 1 fully saturated rings. The summed E-state index contributed by atoms with van der Waals surface area (Å²) in [4.78, 5) is 25.2. The van der Waals surface area contributed by atoms with E-state index in [4.69, 9.17) is 5.11 Å². The molecule has 0 saturated carbocycles. The summed E-state index contributed by atoms with van der Waals surface area (Å²) >= 11 is 1.84. The van der Waals surface area contributed by atoms with E-state index in [0.717, 1.165) is 18.1 Å². The molecule has 1 aromatic rings. The number of carbonyl (C=O) groups excluding carboxylic acids is 1. The summed E-state index contributed by atoms with van der Waals surface area (Å²) in [5.41, 5.74) is 1.35. The van der Waals surface area contributed by atoms with Gasteiger partial charge in [0.05, 0.1) is 5.56 Å². The van der Waals surface area contributed by atoms with Gasteiger partial charge in [0.2, 0.25) is 0 Å². The molecule has 2 rings (SSSR count). The number of hydrogen-bond donors (Lipinski definition) is 2. The molecular weight excluding hydrogens is 276 g/mol. The fourth-order valence-corrected chi connectivity index (χ4v) is 3.23. The van der Waals surface area contributed by atoms with Gasteiger partial charge < -0.3 is 15.3 Å². The SMILES string of the molecule is Cc1c(NC(=O)N2CCSCC2C)cccc1C(=O)O. The van der Waals surface area contributed by atoms with Crippen LogP contribution in [0.15, 0.2) is 18.2 Å². The molecule has 108 valence electrons. The third-order valence-electron chi connectivity index (χ3n) is 3.43. The van der Waals surface area contributed by atoms with Crippen LogP contribution in [0.3, 0.4) is 0 Å². The van der Waals surface area contributed by atoms with Crippen LogP contribution in [0.4, 0.5) is 10.5 Å². The molecule has 2 amide bonds. The summed E-state index contributed by atoms with van der Waals surface area (Å²) in [5.74, 6) is 0.884. The third-order valence-corrected chi connectivity index (χ3v) is 4.62. The predicted molar refractivity (Wildman–Crippen MR) is 80.7 cm³/mol. The largest absolute Gasteiger partial charge is 0.478 e. The van der Waals surface area contributed by atoms with Crippen molar-refractivity contribution in [1.82, 2.24) is 4.90 Å². The van der Waals surface area contributed by atoms with Crippen LogP contribution < -0.4 is 5.32 Å². The molecule has 1 aliphatic rings. The Labute approximate surface area is 122 Å². The van der Waals surface area contributed by atoms with Crippen molar-refractivity contribution in [3.05, 3.63) is 29.3 Å². The van der Waals surface area contributed by atoms with Crippen LogP contribution in [0.2, 0.25) is 0 Å². The number of hydrogen-bond acceptors (Lipinski definition) is 3. The monoisotopic (exact) mass is 294 g/mol. The molecule has 1 heterocycles. The quantitative estimate of drug-likeness (QED) is 0.880. The highest BCUT2D eigenvalue weighted by Crippen LogP contribution is 2.21. The molecule has 0 spiro atoms. The molecule has 1 aromatic carbocycles. The van der Waals surface area contributed by atoms with Gasteiger partial charge in [0.25, 0.3) is 0 Å². The van der Waals surface area contributed by atoms with E-state index in [0.29, 0.717) is 11.3 Å². The zero-order chi connectivity index (χ0) is 14.7.